The fourth-order valence-corrected chi connectivity index (χ4v) is 2.85. The summed E-state index contributed by atoms with van der Waals surface area (Å²) in [6.07, 6.45) is 4.41. The van der Waals surface area contributed by atoms with Crippen molar-refractivity contribution in [2.45, 2.75) is 25.9 Å². The van der Waals surface area contributed by atoms with Gasteiger partial charge >= 0.3 is 0 Å². The lowest BCUT2D eigenvalue weighted by molar-refractivity contribution is 0.626. The number of aromatic nitrogens is 1. The van der Waals surface area contributed by atoms with E-state index in [1.165, 1.54) is 25.0 Å². The van der Waals surface area contributed by atoms with Gasteiger partial charge in [-0.25, -0.2) is 9.37 Å². The lowest BCUT2D eigenvalue weighted by Gasteiger charge is -2.16. The summed E-state index contributed by atoms with van der Waals surface area (Å²) in [5.74, 6) is 1.53. The number of pyridine rings is 1. The Kier molecular flexibility index (Phi) is 8.08. The number of nitrogens with zero attached hydrogens (tertiary/aromatic N) is 3. The highest BCUT2D eigenvalue weighted by molar-refractivity contribution is 14.0. The molecule has 1 aliphatic rings. The summed E-state index contributed by atoms with van der Waals surface area (Å²) >= 11 is 0. The minimum absolute atomic E-state index is 0. The summed E-state index contributed by atoms with van der Waals surface area (Å²) in [6.45, 7) is 3.44. The molecule has 0 amide bonds. The minimum Gasteiger partial charge on any atom is -0.357 e. The molecule has 2 aromatic rings. The molecule has 26 heavy (non-hydrogen) atoms. The normalized spacial score (nSPS) is 14.1. The van der Waals surface area contributed by atoms with Crippen LogP contribution in [0.2, 0.25) is 0 Å². The van der Waals surface area contributed by atoms with Gasteiger partial charge in [0, 0.05) is 39.4 Å². The Hall–Kier alpha value is -1.90. The number of rotatable bonds is 5. The average molecular weight is 469 g/mol. The van der Waals surface area contributed by atoms with E-state index in [0.29, 0.717) is 19.0 Å². The fraction of sp³-hybridized carbons (Fsp3) is 0.368. The number of guanidine groups is 1. The second-order valence-corrected chi connectivity index (χ2v) is 6.12. The van der Waals surface area contributed by atoms with Crippen LogP contribution in [-0.4, -0.2) is 31.1 Å². The molecule has 140 valence electrons. The van der Waals surface area contributed by atoms with Crippen LogP contribution in [0, 0.1) is 5.82 Å². The molecule has 0 saturated carbocycles. The molecule has 2 heterocycles. The van der Waals surface area contributed by atoms with Crippen LogP contribution in [0.4, 0.5) is 10.2 Å². The van der Waals surface area contributed by atoms with E-state index in [-0.39, 0.29) is 29.8 Å². The van der Waals surface area contributed by atoms with Crippen LogP contribution in [0.1, 0.15) is 24.0 Å². The summed E-state index contributed by atoms with van der Waals surface area (Å²) in [4.78, 5) is 11.1. The Morgan fingerprint density at radius 2 is 1.65 bits per heavy atom. The molecule has 1 aliphatic heterocycles. The molecule has 1 aromatic carbocycles. The van der Waals surface area contributed by atoms with Crippen LogP contribution in [-0.2, 0) is 13.1 Å². The topological polar surface area (TPSA) is 52.6 Å². The molecule has 0 spiro atoms. The van der Waals surface area contributed by atoms with Crippen molar-refractivity contribution in [1.29, 1.82) is 0 Å². The Labute approximate surface area is 171 Å². The molecule has 5 nitrogen and oxygen atoms in total. The van der Waals surface area contributed by atoms with Gasteiger partial charge in [-0.3, -0.25) is 4.99 Å². The number of benzene rings is 1. The number of aliphatic imine (C=N–C) groups is 1. The number of nitrogens with one attached hydrogen (secondary N) is 2. The number of hydrogen-bond acceptors (Lipinski definition) is 3. The van der Waals surface area contributed by atoms with Crippen LogP contribution in [0.3, 0.4) is 0 Å². The highest BCUT2D eigenvalue weighted by Crippen LogP contribution is 2.17. The van der Waals surface area contributed by atoms with Crippen molar-refractivity contribution >= 4 is 35.8 Å². The SMILES string of the molecule is CN=C(NCc1ccc(F)cc1)NCc1ccc(N2CCCC2)nc1.I. The second-order valence-electron chi connectivity index (χ2n) is 6.12. The van der Waals surface area contributed by atoms with Crippen LogP contribution in [0.25, 0.3) is 0 Å². The lowest BCUT2D eigenvalue weighted by atomic mass is 10.2. The predicted molar refractivity (Wildman–Crippen MR) is 115 cm³/mol. The Bertz CT molecular complexity index is 697. The molecule has 0 atom stereocenters. The summed E-state index contributed by atoms with van der Waals surface area (Å²) in [6, 6.07) is 10.6. The molecule has 0 unspecified atom stereocenters. The maximum atomic E-state index is 12.9. The minimum atomic E-state index is -0.226. The number of halogens is 2. The summed E-state index contributed by atoms with van der Waals surface area (Å²) in [5, 5.41) is 6.49. The van der Waals surface area contributed by atoms with Gasteiger partial charge in [0.1, 0.15) is 11.6 Å². The van der Waals surface area contributed by atoms with Crippen LogP contribution in [0.15, 0.2) is 47.6 Å². The van der Waals surface area contributed by atoms with Gasteiger partial charge in [-0.1, -0.05) is 18.2 Å². The van der Waals surface area contributed by atoms with Crippen molar-refractivity contribution in [2.24, 2.45) is 4.99 Å². The molecule has 1 fully saturated rings. The molecule has 0 bridgehead atoms. The number of anilines is 1. The monoisotopic (exact) mass is 469 g/mol. The standard InChI is InChI=1S/C19H24FN5.HI/c1-21-19(23-12-15-4-7-17(20)8-5-15)24-14-16-6-9-18(22-13-16)25-10-2-3-11-25;/h4-9,13H,2-3,10-12,14H2,1H3,(H2,21,23,24);1H. The van der Waals surface area contributed by atoms with Crippen molar-refractivity contribution in [3.63, 3.8) is 0 Å². The molecule has 3 rings (SSSR count). The third kappa shape index (κ3) is 5.82. The van der Waals surface area contributed by atoms with E-state index in [1.54, 1.807) is 19.2 Å². The zero-order chi connectivity index (χ0) is 17.5. The first-order valence-electron chi connectivity index (χ1n) is 8.63. The summed E-state index contributed by atoms with van der Waals surface area (Å²) in [5.41, 5.74) is 2.11. The third-order valence-electron chi connectivity index (χ3n) is 4.30. The first-order chi connectivity index (χ1) is 12.2. The van der Waals surface area contributed by atoms with Gasteiger partial charge in [0.05, 0.1) is 0 Å². The van der Waals surface area contributed by atoms with E-state index in [2.05, 4.69) is 37.6 Å². The average Bonchev–Trinajstić information content (AvgIpc) is 3.18. The maximum absolute atomic E-state index is 12.9. The van der Waals surface area contributed by atoms with E-state index in [4.69, 9.17) is 0 Å². The zero-order valence-electron chi connectivity index (χ0n) is 14.9. The van der Waals surface area contributed by atoms with Gasteiger partial charge in [0.2, 0.25) is 0 Å². The Balaban J connectivity index is 0.00000243. The first kappa shape index (κ1) is 20.4. The molecular formula is C19H25FIN5. The Morgan fingerprint density at radius 3 is 2.23 bits per heavy atom. The first-order valence-corrected chi connectivity index (χ1v) is 8.63. The van der Waals surface area contributed by atoms with Gasteiger partial charge in [0.25, 0.3) is 0 Å². The van der Waals surface area contributed by atoms with Gasteiger partial charge in [0.15, 0.2) is 5.96 Å². The van der Waals surface area contributed by atoms with Crippen LogP contribution >= 0.6 is 24.0 Å². The third-order valence-corrected chi connectivity index (χ3v) is 4.30. The van der Waals surface area contributed by atoms with E-state index in [1.807, 2.05) is 6.20 Å². The highest BCUT2D eigenvalue weighted by Gasteiger charge is 2.12. The molecule has 2 N–H and O–H groups in total. The van der Waals surface area contributed by atoms with Crippen molar-refractivity contribution in [1.82, 2.24) is 15.6 Å². The summed E-state index contributed by atoms with van der Waals surface area (Å²) in [7, 11) is 1.73. The van der Waals surface area contributed by atoms with Crippen LogP contribution < -0.4 is 15.5 Å². The van der Waals surface area contributed by atoms with E-state index >= 15 is 0 Å². The molecule has 0 radical (unpaired) electrons. The van der Waals surface area contributed by atoms with E-state index < -0.39 is 0 Å². The molecule has 1 saturated heterocycles. The van der Waals surface area contributed by atoms with Gasteiger partial charge in [-0.2, -0.15) is 0 Å². The van der Waals surface area contributed by atoms with Crippen molar-refractivity contribution in [3.05, 3.63) is 59.5 Å². The van der Waals surface area contributed by atoms with Crippen molar-refractivity contribution in [2.75, 3.05) is 25.0 Å². The second kappa shape index (κ2) is 10.3. The predicted octanol–water partition coefficient (Wildman–Crippen LogP) is 3.30. The van der Waals surface area contributed by atoms with E-state index in [0.717, 1.165) is 30.0 Å². The molecular weight excluding hydrogens is 444 g/mol. The van der Waals surface area contributed by atoms with Crippen molar-refractivity contribution < 1.29 is 4.39 Å². The molecule has 7 heteroatoms. The molecule has 0 aliphatic carbocycles. The zero-order valence-corrected chi connectivity index (χ0v) is 17.2. The largest absolute Gasteiger partial charge is 0.357 e. The smallest absolute Gasteiger partial charge is 0.191 e. The number of hydrogen-bond donors (Lipinski definition) is 2. The Morgan fingerprint density at radius 1 is 1.04 bits per heavy atom. The van der Waals surface area contributed by atoms with Crippen molar-refractivity contribution in [3.8, 4) is 0 Å². The quantitative estimate of drug-likeness (QED) is 0.401. The summed E-state index contributed by atoms with van der Waals surface area (Å²) < 4.78 is 12.9. The van der Waals surface area contributed by atoms with Gasteiger partial charge < -0.3 is 15.5 Å². The molecule has 1 aromatic heterocycles. The van der Waals surface area contributed by atoms with Gasteiger partial charge in [-0.05, 0) is 42.2 Å². The fourth-order valence-electron chi connectivity index (χ4n) is 2.85. The van der Waals surface area contributed by atoms with Gasteiger partial charge in [-0.15, -0.1) is 24.0 Å². The van der Waals surface area contributed by atoms with E-state index in [9.17, 15) is 4.39 Å². The highest BCUT2D eigenvalue weighted by atomic mass is 127. The lowest BCUT2D eigenvalue weighted by Crippen LogP contribution is -2.36. The maximum Gasteiger partial charge on any atom is 0.191 e. The van der Waals surface area contributed by atoms with Crippen LogP contribution in [0.5, 0.6) is 0 Å².